The Labute approximate surface area is 147 Å². The summed E-state index contributed by atoms with van der Waals surface area (Å²) in [6.45, 7) is 3.83. The van der Waals surface area contributed by atoms with Crippen molar-refractivity contribution in [1.82, 2.24) is 19.4 Å². The number of rotatable bonds is 3. The molecule has 5 nitrogen and oxygen atoms in total. The first-order valence-electron chi connectivity index (χ1n) is 9.00. The van der Waals surface area contributed by atoms with Crippen LogP contribution in [0.3, 0.4) is 0 Å². The molecule has 0 bridgehead atoms. The maximum atomic E-state index is 12.6. The van der Waals surface area contributed by atoms with Crippen LogP contribution in [-0.4, -0.2) is 38.4 Å². The third-order valence-electron chi connectivity index (χ3n) is 4.82. The second kappa shape index (κ2) is 6.67. The van der Waals surface area contributed by atoms with Crippen molar-refractivity contribution in [3.05, 3.63) is 54.0 Å². The highest BCUT2D eigenvalue weighted by molar-refractivity contribution is 5.94. The number of likely N-dealkylation sites (tertiary alicyclic amines) is 1. The number of pyridine rings is 1. The first-order valence-corrected chi connectivity index (χ1v) is 9.00. The summed E-state index contributed by atoms with van der Waals surface area (Å²) < 4.78 is 2.07. The number of carbonyl (C=O) groups excluding carboxylic acids is 1. The van der Waals surface area contributed by atoms with E-state index in [1.165, 1.54) is 6.42 Å². The summed E-state index contributed by atoms with van der Waals surface area (Å²) in [4.78, 5) is 23.7. The minimum atomic E-state index is 0.135. The van der Waals surface area contributed by atoms with Gasteiger partial charge in [0.25, 0.3) is 5.91 Å². The van der Waals surface area contributed by atoms with Crippen molar-refractivity contribution in [2.45, 2.75) is 32.6 Å². The Bertz CT molecular complexity index is 892. The van der Waals surface area contributed by atoms with Crippen molar-refractivity contribution in [3.63, 3.8) is 0 Å². The van der Waals surface area contributed by atoms with E-state index in [2.05, 4.69) is 21.5 Å². The van der Waals surface area contributed by atoms with Gasteiger partial charge < -0.3 is 4.90 Å². The van der Waals surface area contributed by atoms with E-state index in [-0.39, 0.29) is 5.91 Å². The lowest BCUT2D eigenvalue weighted by Gasteiger charge is -2.26. The van der Waals surface area contributed by atoms with Crippen LogP contribution in [0.25, 0.3) is 16.9 Å². The monoisotopic (exact) mass is 334 g/mol. The van der Waals surface area contributed by atoms with E-state index < -0.39 is 0 Å². The standard InChI is InChI=1S/C20H22N4O/c1-2-18-22-17-7-6-12-21-19(17)24(18)16-10-8-15(9-11-16)20(25)23-13-4-3-5-14-23/h6-12H,2-5,13-14H2,1H3. The molecule has 1 amide bonds. The molecule has 3 heterocycles. The van der Waals surface area contributed by atoms with E-state index in [4.69, 9.17) is 0 Å². The summed E-state index contributed by atoms with van der Waals surface area (Å²) in [6.07, 6.45) is 6.05. The molecule has 128 valence electrons. The molecule has 25 heavy (non-hydrogen) atoms. The summed E-state index contributed by atoms with van der Waals surface area (Å²) in [5.41, 5.74) is 3.50. The van der Waals surface area contributed by atoms with Gasteiger partial charge >= 0.3 is 0 Å². The van der Waals surface area contributed by atoms with Gasteiger partial charge in [0.2, 0.25) is 0 Å². The lowest BCUT2D eigenvalue weighted by Crippen LogP contribution is -2.35. The zero-order chi connectivity index (χ0) is 17.2. The van der Waals surface area contributed by atoms with Gasteiger partial charge in [-0.25, -0.2) is 9.97 Å². The Balaban J connectivity index is 1.67. The highest BCUT2D eigenvalue weighted by atomic mass is 16.2. The van der Waals surface area contributed by atoms with Crippen molar-refractivity contribution >= 4 is 17.1 Å². The van der Waals surface area contributed by atoms with Gasteiger partial charge in [-0.15, -0.1) is 0 Å². The van der Waals surface area contributed by atoms with E-state index in [9.17, 15) is 4.79 Å². The number of nitrogens with zero attached hydrogens (tertiary/aromatic N) is 4. The molecule has 0 N–H and O–H groups in total. The molecule has 5 heteroatoms. The topological polar surface area (TPSA) is 51.0 Å². The average Bonchev–Trinajstić information content (AvgIpc) is 3.07. The Morgan fingerprint density at radius 2 is 1.84 bits per heavy atom. The second-order valence-corrected chi connectivity index (χ2v) is 6.46. The molecule has 0 spiro atoms. The van der Waals surface area contributed by atoms with Crippen LogP contribution in [0.2, 0.25) is 0 Å². The van der Waals surface area contributed by atoms with Crippen LogP contribution in [0.5, 0.6) is 0 Å². The van der Waals surface area contributed by atoms with Gasteiger partial charge in [-0.3, -0.25) is 9.36 Å². The zero-order valence-electron chi connectivity index (χ0n) is 14.5. The van der Waals surface area contributed by atoms with Crippen molar-refractivity contribution in [2.75, 3.05) is 13.1 Å². The quantitative estimate of drug-likeness (QED) is 0.735. The molecule has 0 aliphatic carbocycles. The maximum Gasteiger partial charge on any atom is 0.253 e. The van der Waals surface area contributed by atoms with Crippen LogP contribution in [0, 0.1) is 0 Å². The van der Waals surface area contributed by atoms with Gasteiger partial charge in [0.1, 0.15) is 11.3 Å². The largest absolute Gasteiger partial charge is 0.339 e. The van der Waals surface area contributed by atoms with Crippen molar-refractivity contribution in [1.29, 1.82) is 0 Å². The summed E-state index contributed by atoms with van der Waals surface area (Å²) in [6, 6.07) is 11.7. The molecule has 1 fully saturated rings. The molecular weight excluding hydrogens is 312 g/mol. The Kier molecular flexibility index (Phi) is 4.22. The van der Waals surface area contributed by atoms with Gasteiger partial charge in [0, 0.05) is 37.0 Å². The molecular formula is C20H22N4O. The van der Waals surface area contributed by atoms with Gasteiger partial charge in [-0.05, 0) is 55.7 Å². The van der Waals surface area contributed by atoms with E-state index in [0.29, 0.717) is 0 Å². The Hall–Kier alpha value is -2.69. The molecule has 2 aromatic heterocycles. The summed E-state index contributed by atoms with van der Waals surface area (Å²) in [5.74, 6) is 1.11. The number of imidazole rings is 1. The fraction of sp³-hybridized carbons (Fsp3) is 0.350. The molecule has 1 aliphatic rings. The van der Waals surface area contributed by atoms with Crippen LogP contribution in [-0.2, 0) is 6.42 Å². The number of hydrogen-bond acceptors (Lipinski definition) is 3. The summed E-state index contributed by atoms with van der Waals surface area (Å²) >= 11 is 0. The number of aryl methyl sites for hydroxylation is 1. The summed E-state index contributed by atoms with van der Waals surface area (Å²) in [7, 11) is 0. The number of fused-ring (bicyclic) bond motifs is 1. The third kappa shape index (κ3) is 2.90. The molecule has 0 radical (unpaired) electrons. The minimum absolute atomic E-state index is 0.135. The maximum absolute atomic E-state index is 12.6. The van der Waals surface area contributed by atoms with Crippen LogP contribution in [0.15, 0.2) is 42.6 Å². The number of aromatic nitrogens is 3. The van der Waals surface area contributed by atoms with E-state index in [1.807, 2.05) is 41.3 Å². The second-order valence-electron chi connectivity index (χ2n) is 6.46. The molecule has 0 unspecified atom stereocenters. The van der Waals surface area contributed by atoms with Gasteiger partial charge in [-0.2, -0.15) is 0 Å². The minimum Gasteiger partial charge on any atom is -0.339 e. The SMILES string of the molecule is CCc1nc2cccnc2n1-c1ccc(C(=O)N2CCCCC2)cc1. The molecule has 3 aromatic rings. The lowest BCUT2D eigenvalue weighted by atomic mass is 10.1. The number of hydrogen-bond donors (Lipinski definition) is 0. The van der Waals surface area contributed by atoms with Crippen LogP contribution >= 0.6 is 0 Å². The van der Waals surface area contributed by atoms with Crippen LogP contribution < -0.4 is 0 Å². The van der Waals surface area contributed by atoms with Gasteiger partial charge in [0.15, 0.2) is 5.65 Å². The van der Waals surface area contributed by atoms with E-state index in [1.54, 1.807) is 6.20 Å². The van der Waals surface area contributed by atoms with Crippen molar-refractivity contribution in [2.24, 2.45) is 0 Å². The van der Waals surface area contributed by atoms with Gasteiger partial charge in [-0.1, -0.05) is 6.92 Å². The van der Waals surface area contributed by atoms with E-state index in [0.717, 1.165) is 60.6 Å². The highest BCUT2D eigenvalue weighted by Crippen LogP contribution is 2.21. The third-order valence-corrected chi connectivity index (χ3v) is 4.82. The average molecular weight is 334 g/mol. The van der Waals surface area contributed by atoms with Crippen LogP contribution in [0.4, 0.5) is 0 Å². The molecule has 1 aromatic carbocycles. The number of carbonyl (C=O) groups is 1. The fourth-order valence-corrected chi connectivity index (χ4v) is 3.50. The number of piperidine rings is 1. The normalized spacial score (nSPS) is 14.8. The molecule has 4 rings (SSSR count). The molecule has 1 saturated heterocycles. The van der Waals surface area contributed by atoms with Crippen molar-refractivity contribution < 1.29 is 4.79 Å². The molecule has 0 saturated carbocycles. The number of benzene rings is 1. The summed E-state index contributed by atoms with van der Waals surface area (Å²) in [5, 5.41) is 0. The van der Waals surface area contributed by atoms with Crippen LogP contribution in [0.1, 0.15) is 42.4 Å². The molecule has 1 aliphatic heterocycles. The van der Waals surface area contributed by atoms with E-state index >= 15 is 0 Å². The fourth-order valence-electron chi connectivity index (χ4n) is 3.50. The lowest BCUT2D eigenvalue weighted by molar-refractivity contribution is 0.0724. The Morgan fingerprint density at radius 1 is 1.08 bits per heavy atom. The predicted octanol–water partition coefficient (Wildman–Crippen LogP) is 3.61. The first kappa shape index (κ1) is 15.8. The predicted molar refractivity (Wildman–Crippen MR) is 98.0 cm³/mol. The van der Waals surface area contributed by atoms with Crippen molar-refractivity contribution in [3.8, 4) is 5.69 Å². The smallest absolute Gasteiger partial charge is 0.253 e. The van der Waals surface area contributed by atoms with Gasteiger partial charge in [0.05, 0.1) is 0 Å². The molecule has 0 atom stereocenters. The highest BCUT2D eigenvalue weighted by Gasteiger charge is 2.18. The first-order chi connectivity index (χ1) is 12.3. The number of amides is 1. The Morgan fingerprint density at radius 3 is 2.56 bits per heavy atom. The zero-order valence-corrected chi connectivity index (χ0v) is 14.5.